The van der Waals surface area contributed by atoms with Crippen molar-refractivity contribution >= 4 is 11.9 Å². The monoisotopic (exact) mass is 226 g/mol. The molecule has 90 valence electrons. The predicted molar refractivity (Wildman–Crippen MR) is 58.9 cm³/mol. The maximum Gasteiger partial charge on any atom is 0.323 e. The number of hydrogen-bond donors (Lipinski definition) is 1. The van der Waals surface area contributed by atoms with Gasteiger partial charge in [0.1, 0.15) is 5.60 Å². The number of rotatable bonds is 4. The van der Waals surface area contributed by atoms with Crippen LogP contribution in [0.1, 0.15) is 39.5 Å². The van der Waals surface area contributed by atoms with E-state index in [1.165, 1.54) is 13.8 Å². The molecule has 0 amide bonds. The lowest BCUT2D eigenvalue weighted by atomic mass is 9.93. The normalized spacial score (nSPS) is 19.1. The number of esters is 1. The van der Waals surface area contributed by atoms with Crippen molar-refractivity contribution in [2.75, 3.05) is 0 Å². The molecule has 0 heterocycles. The van der Waals surface area contributed by atoms with Gasteiger partial charge in [0.15, 0.2) is 5.41 Å². The molecule has 0 aromatic heterocycles. The lowest BCUT2D eigenvalue weighted by molar-refractivity contribution is -0.174. The number of carbonyl (C=O) groups excluding carboxylic acids is 1. The first-order chi connectivity index (χ1) is 7.34. The van der Waals surface area contributed by atoms with Crippen molar-refractivity contribution in [3.8, 4) is 0 Å². The van der Waals surface area contributed by atoms with Gasteiger partial charge in [0.25, 0.3) is 0 Å². The van der Waals surface area contributed by atoms with Gasteiger partial charge in [-0.25, -0.2) is 0 Å². The summed E-state index contributed by atoms with van der Waals surface area (Å²) in [6.45, 7) is 6.37. The van der Waals surface area contributed by atoms with Gasteiger partial charge in [-0.15, -0.1) is 0 Å². The predicted octanol–water partition coefficient (Wildman–Crippen LogP) is 2.14. The minimum atomic E-state index is -1.50. The molecule has 1 aliphatic rings. The highest BCUT2D eigenvalue weighted by atomic mass is 16.6. The average Bonchev–Trinajstić information content (AvgIpc) is 2.66. The minimum absolute atomic E-state index is 0.649. The summed E-state index contributed by atoms with van der Waals surface area (Å²) in [7, 11) is 0. The summed E-state index contributed by atoms with van der Waals surface area (Å²) in [5.74, 6) is -1.86. The molecule has 0 bridgehead atoms. The summed E-state index contributed by atoms with van der Waals surface area (Å²) < 4.78 is 5.34. The SMILES string of the molecule is C=CC1(OC(=O)C(C)(C)C(=O)O)CCCC1. The topological polar surface area (TPSA) is 63.6 Å². The van der Waals surface area contributed by atoms with Crippen LogP contribution in [0, 0.1) is 5.41 Å². The first-order valence-corrected chi connectivity index (χ1v) is 5.44. The highest BCUT2D eigenvalue weighted by molar-refractivity contribution is 5.98. The maximum absolute atomic E-state index is 11.8. The van der Waals surface area contributed by atoms with Gasteiger partial charge in [-0.2, -0.15) is 0 Å². The van der Waals surface area contributed by atoms with Crippen molar-refractivity contribution in [3.63, 3.8) is 0 Å². The fourth-order valence-electron chi connectivity index (χ4n) is 1.72. The third kappa shape index (κ3) is 2.26. The first-order valence-electron chi connectivity index (χ1n) is 5.44. The number of carboxylic acids is 1. The van der Waals surface area contributed by atoms with Gasteiger partial charge in [-0.05, 0) is 45.6 Å². The minimum Gasteiger partial charge on any atom is -0.480 e. The Morgan fingerprint density at radius 3 is 2.25 bits per heavy atom. The molecule has 0 unspecified atom stereocenters. The molecule has 1 aliphatic carbocycles. The van der Waals surface area contributed by atoms with Crippen LogP contribution in [0.15, 0.2) is 12.7 Å². The molecular weight excluding hydrogens is 208 g/mol. The third-order valence-electron chi connectivity index (χ3n) is 3.16. The summed E-state index contributed by atoms with van der Waals surface area (Å²) in [6, 6.07) is 0. The summed E-state index contributed by atoms with van der Waals surface area (Å²) in [4.78, 5) is 22.7. The van der Waals surface area contributed by atoms with E-state index in [-0.39, 0.29) is 0 Å². The second-order valence-corrected chi connectivity index (χ2v) is 4.80. The molecule has 1 N–H and O–H groups in total. The van der Waals surface area contributed by atoms with Gasteiger partial charge in [0.05, 0.1) is 0 Å². The quantitative estimate of drug-likeness (QED) is 0.453. The van der Waals surface area contributed by atoms with Gasteiger partial charge in [-0.3, -0.25) is 9.59 Å². The van der Waals surface area contributed by atoms with Crippen LogP contribution in [0.5, 0.6) is 0 Å². The van der Waals surface area contributed by atoms with E-state index >= 15 is 0 Å². The molecule has 16 heavy (non-hydrogen) atoms. The van der Waals surface area contributed by atoms with Crippen molar-refractivity contribution in [2.45, 2.75) is 45.1 Å². The molecule has 0 atom stereocenters. The molecule has 0 aromatic rings. The van der Waals surface area contributed by atoms with Gasteiger partial charge in [0.2, 0.25) is 0 Å². The van der Waals surface area contributed by atoms with E-state index in [1.807, 2.05) is 0 Å². The van der Waals surface area contributed by atoms with E-state index in [4.69, 9.17) is 9.84 Å². The highest BCUT2D eigenvalue weighted by Crippen LogP contribution is 2.36. The lowest BCUT2D eigenvalue weighted by Gasteiger charge is -2.29. The maximum atomic E-state index is 11.8. The Labute approximate surface area is 95.3 Å². The molecule has 4 heteroatoms. The van der Waals surface area contributed by atoms with E-state index in [0.717, 1.165) is 25.7 Å². The summed E-state index contributed by atoms with van der Waals surface area (Å²) in [5, 5.41) is 8.92. The largest absolute Gasteiger partial charge is 0.480 e. The van der Waals surface area contributed by atoms with Crippen LogP contribution in [-0.4, -0.2) is 22.6 Å². The summed E-state index contributed by atoms with van der Waals surface area (Å²) in [5.41, 5.74) is -2.15. The number of hydrogen-bond acceptors (Lipinski definition) is 3. The first kappa shape index (κ1) is 12.7. The second kappa shape index (κ2) is 4.28. The summed E-state index contributed by atoms with van der Waals surface area (Å²) in [6.07, 6.45) is 5.05. The van der Waals surface area contributed by atoms with E-state index in [0.29, 0.717) is 0 Å². The van der Waals surface area contributed by atoms with Gasteiger partial charge in [0, 0.05) is 0 Å². The van der Waals surface area contributed by atoms with Crippen molar-refractivity contribution < 1.29 is 19.4 Å². The van der Waals surface area contributed by atoms with E-state index in [1.54, 1.807) is 6.08 Å². The van der Waals surface area contributed by atoms with Crippen molar-refractivity contribution in [1.82, 2.24) is 0 Å². The van der Waals surface area contributed by atoms with Crippen LogP contribution >= 0.6 is 0 Å². The Hall–Kier alpha value is -1.32. The Morgan fingerprint density at radius 1 is 1.38 bits per heavy atom. The number of aliphatic carboxylic acids is 1. The summed E-state index contributed by atoms with van der Waals surface area (Å²) >= 11 is 0. The van der Waals surface area contributed by atoms with Gasteiger partial charge < -0.3 is 9.84 Å². The molecule has 1 saturated carbocycles. The smallest absolute Gasteiger partial charge is 0.323 e. The van der Waals surface area contributed by atoms with Crippen LogP contribution in [0.2, 0.25) is 0 Å². The van der Waals surface area contributed by atoms with Crippen LogP contribution in [-0.2, 0) is 14.3 Å². The Morgan fingerprint density at radius 2 is 1.88 bits per heavy atom. The number of ether oxygens (including phenoxy) is 1. The standard InChI is InChI=1S/C12H18O4/c1-4-12(7-5-6-8-12)16-10(15)11(2,3)9(13)14/h4H,1,5-8H2,2-3H3,(H,13,14). The van der Waals surface area contributed by atoms with Crippen molar-refractivity contribution in [3.05, 3.63) is 12.7 Å². The Kier molecular flexibility index (Phi) is 3.41. The van der Waals surface area contributed by atoms with E-state index in [2.05, 4.69) is 6.58 Å². The lowest BCUT2D eigenvalue weighted by Crippen LogP contribution is -2.40. The molecular formula is C12H18O4. The van der Waals surface area contributed by atoms with Crippen molar-refractivity contribution in [1.29, 1.82) is 0 Å². The van der Waals surface area contributed by atoms with Crippen LogP contribution < -0.4 is 0 Å². The average molecular weight is 226 g/mol. The van der Waals surface area contributed by atoms with Crippen LogP contribution in [0.4, 0.5) is 0 Å². The number of carboxylic acid groups (broad SMARTS) is 1. The van der Waals surface area contributed by atoms with Crippen molar-refractivity contribution in [2.24, 2.45) is 5.41 Å². The van der Waals surface area contributed by atoms with Crippen LogP contribution in [0.3, 0.4) is 0 Å². The molecule has 1 rings (SSSR count). The van der Waals surface area contributed by atoms with Gasteiger partial charge in [-0.1, -0.05) is 6.58 Å². The van der Waals surface area contributed by atoms with E-state index in [9.17, 15) is 9.59 Å². The van der Waals surface area contributed by atoms with Crippen LogP contribution in [0.25, 0.3) is 0 Å². The molecule has 0 aliphatic heterocycles. The number of carbonyl (C=O) groups is 2. The third-order valence-corrected chi connectivity index (χ3v) is 3.16. The highest BCUT2D eigenvalue weighted by Gasteiger charge is 2.43. The zero-order chi connectivity index (χ0) is 12.4. The van der Waals surface area contributed by atoms with Gasteiger partial charge >= 0.3 is 11.9 Å². The zero-order valence-electron chi connectivity index (χ0n) is 9.78. The molecule has 0 radical (unpaired) electrons. The molecule has 4 nitrogen and oxygen atoms in total. The molecule has 0 spiro atoms. The fourth-order valence-corrected chi connectivity index (χ4v) is 1.72. The second-order valence-electron chi connectivity index (χ2n) is 4.80. The molecule has 1 fully saturated rings. The molecule has 0 saturated heterocycles. The Bertz CT molecular complexity index is 311. The van der Waals surface area contributed by atoms with E-state index < -0.39 is 23.0 Å². The zero-order valence-corrected chi connectivity index (χ0v) is 9.78. The molecule has 0 aromatic carbocycles. The Balaban J connectivity index is 2.77. The fraction of sp³-hybridized carbons (Fsp3) is 0.667.